The second kappa shape index (κ2) is 9.84. The lowest BCUT2D eigenvalue weighted by atomic mass is 10.2. The molecule has 1 aliphatic rings. The Labute approximate surface area is 196 Å². The minimum Gasteiger partial charge on any atom is -0.454 e. The summed E-state index contributed by atoms with van der Waals surface area (Å²) in [5.41, 5.74) is 1.45. The normalized spacial score (nSPS) is 12.1. The molecule has 9 nitrogen and oxygen atoms in total. The molecule has 34 heavy (non-hydrogen) atoms. The maximum absolute atomic E-state index is 12.8. The van der Waals surface area contributed by atoms with Crippen molar-refractivity contribution in [3.8, 4) is 11.5 Å². The molecule has 10 heteroatoms. The number of nitrogens with zero attached hydrogens (tertiary/aromatic N) is 1. The van der Waals surface area contributed by atoms with Crippen LogP contribution in [-0.2, 0) is 26.1 Å². The predicted molar refractivity (Wildman–Crippen MR) is 123 cm³/mol. The number of sulfonamides is 1. The lowest BCUT2D eigenvalue weighted by molar-refractivity contribution is -0.124. The summed E-state index contributed by atoms with van der Waals surface area (Å²) < 4.78 is 42.4. The van der Waals surface area contributed by atoms with Crippen LogP contribution in [0.25, 0.3) is 0 Å². The minimum atomic E-state index is -3.80. The molecular weight excluding hydrogens is 460 g/mol. The van der Waals surface area contributed by atoms with E-state index in [1.54, 1.807) is 48.5 Å². The number of anilines is 1. The Morgan fingerprint density at radius 3 is 2.41 bits per heavy atom. The minimum absolute atomic E-state index is 0.0249. The zero-order valence-corrected chi connectivity index (χ0v) is 19.1. The highest BCUT2D eigenvalue weighted by Crippen LogP contribution is 2.32. The molecule has 3 aromatic rings. The first-order valence-electron chi connectivity index (χ1n) is 10.3. The van der Waals surface area contributed by atoms with Crippen molar-refractivity contribution < 1.29 is 32.2 Å². The van der Waals surface area contributed by atoms with E-state index in [1.807, 2.05) is 0 Å². The van der Waals surface area contributed by atoms with Gasteiger partial charge in [-0.25, -0.2) is 13.2 Å². The Hall–Kier alpha value is -4.05. The van der Waals surface area contributed by atoms with Gasteiger partial charge >= 0.3 is 5.97 Å². The van der Waals surface area contributed by atoms with Crippen molar-refractivity contribution >= 4 is 27.6 Å². The van der Waals surface area contributed by atoms with E-state index in [4.69, 9.17) is 14.2 Å². The molecule has 1 heterocycles. The molecule has 0 aliphatic carbocycles. The second-order valence-electron chi connectivity index (χ2n) is 7.37. The highest BCUT2D eigenvalue weighted by atomic mass is 32.2. The molecule has 0 bridgehead atoms. The summed E-state index contributed by atoms with van der Waals surface area (Å²) in [6.45, 7) is -0.0770. The van der Waals surface area contributed by atoms with Crippen molar-refractivity contribution in [2.75, 3.05) is 24.8 Å². The average Bonchev–Trinajstić information content (AvgIpc) is 3.34. The molecule has 0 unspecified atom stereocenters. The van der Waals surface area contributed by atoms with Crippen LogP contribution in [0.15, 0.2) is 77.7 Å². The van der Waals surface area contributed by atoms with Gasteiger partial charge < -0.3 is 19.5 Å². The monoisotopic (exact) mass is 482 g/mol. The molecule has 0 spiro atoms. The van der Waals surface area contributed by atoms with Crippen LogP contribution in [0.2, 0.25) is 0 Å². The molecule has 1 aliphatic heterocycles. The Morgan fingerprint density at radius 2 is 1.68 bits per heavy atom. The molecule has 1 N–H and O–H groups in total. The molecule has 0 aromatic heterocycles. The standard InChI is InChI=1S/C24H22N2O7S/c1-26(19-5-3-2-4-6-19)34(29,30)20-10-8-18(9-11-20)24(28)31-15-23(27)25-14-17-7-12-21-22(13-17)33-16-32-21/h2-13H,14-16H2,1H3,(H,25,27). The lowest BCUT2D eigenvalue weighted by Crippen LogP contribution is -2.28. The van der Waals surface area contributed by atoms with Gasteiger partial charge in [-0.2, -0.15) is 0 Å². The first-order valence-corrected chi connectivity index (χ1v) is 11.7. The zero-order valence-electron chi connectivity index (χ0n) is 18.3. The van der Waals surface area contributed by atoms with Gasteiger partial charge in [0.1, 0.15) is 0 Å². The van der Waals surface area contributed by atoms with Crippen LogP contribution in [0, 0.1) is 0 Å². The van der Waals surface area contributed by atoms with E-state index in [0.717, 1.165) is 9.87 Å². The van der Waals surface area contributed by atoms with E-state index in [1.165, 1.54) is 31.3 Å². The number of para-hydroxylation sites is 1. The summed E-state index contributed by atoms with van der Waals surface area (Å²) in [5, 5.41) is 2.66. The lowest BCUT2D eigenvalue weighted by Gasteiger charge is -2.19. The number of ether oxygens (including phenoxy) is 3. The number of carbonyl (C=O) groups is 2. The van der Waals surface area contributed by atoms with Crippen molar-refractivity contribution in [3.05, 3.63) is 83.9 Å². The number of hydrogen-bond acceptors (Lipinski definition) is 7. The summed E-state index contributed by atoms with van der Waals surface area (Å²) >= 11 is 0. The molecule has 1 amide bonds. The molecule has 0 atom stereocenters. The summed E-state index contributed by atoms with van der Waals surface area (Å²) in [7, 11) is -2.34. The van der Waals surface area contributed by atoms with Gasteiger partial charge in [-0.3, -0.25) is 9.10 Å². The van der Waals surface area contributed by atoms with Gasteiger partial charge in [0, 0.05) is 13.6 Å². The zero-order chi connectivity index (χ0) is 24.1. The van der Waals surface area contributed by atoms with Crippen LogP contribution in [0.4, 0.5) is 5.69 Å². The third kappa shape index (κ3) is 5.12. The van der Waals surface area contributed by atoms with Crippen LogP contribution in [-0.4, -0.2) is 40.7 Å². The maximum atomic E-state index is 12.8. The fraction of sp³-hybridized carbons (Fsp3) is 0.167. The van der Waals surface area contributed by atoms with E-state index >= 15 is 0 Å². The number of fused-ring (bicyclic) bond motifs is 1. The van der Waals surface area contributed by atoms with E-state index in [-0.39, 0.29) is 23.8 Å². The third-order valence-corrected chi connectivity index (χ3v) is 6.93. The van der Waals surface area contributed by atoms with Gasteiger partial charge in [-0.1, -0.05) is 24.3 Å². The summed E-state index contributed by atoms with van der Waals surface area (Å²) in [6.07, 6.45) is 0. The van der Waals surface area contributed by atoms with Crippen LogP contribution >= 0.6 is 0 Å². The predicted octanol–water partition coefficient (Wildman–Crippen LogP) is 2.71. The van der Waals surface area contributed by atoms with Gasteiger partial charge in [0.2, 0.25) is 6.79 Å². The number of benzene rings is 3. The maximum Gasteiger partial charge on any atom is 0.338 e. The number of rotatable bonds is 8. The van der Waals surface area contributed by atoms with Gasteiger partial charge in [0.05, 0.1) is 16.1 Å². The molecule has 4 rings (SSSR count). The summed E-state index contributed by atoms with van der Waals surface area (Å²) in [4.78, 5) is 24.4. The number of amides is 1. The molecule has 3 aromatic carbocycles. The fourth-order valence-electron chi connectivity index (χ4n) is 3.21. The van der Waals surface area contributed by atoms with Gasteiger partial charge in [-0.05, 0) is 54.1 Å². The first-order chi connectivity index (χ1) is 16.3. The van der Waals surface area contributed by atoms with Crippen LogP contribution in [0.3, 0.4) is 0 Å². The Kier molecular flexibility index (Phi) is 6.69. The number of esters is 1. The number of hydrogen-bond donors (Lipinski definition) is 1. The van der Waals surface area contributed by atoms with Gasteiger partial charge in [0.25, 0.3) is 15.9 Å². The average molecular weight is 483 g/mol. The van der Waals surface area contributed by atoms with Gasteiger partial charge in [0.15, 0.2) is 18.1 Å². The Morgan fingerprint density at radius 1 is 0.971 bits per heavy atom. The van der Waals surface area contributed by atoms with E-state index in [2.05, 4.69) is 5.32 Å². The molecule has 0 saturated carbocycles. The van der Waals surface area contributed by atoms with Crippen molar-refractivity contribution in [1.29, 1.82) is 0 Å². The molecule has 0 fully saturated rings. The topological polar surface area (TPSA) is 111 Å². The van der Waals surface area contributed by atoms with E-state index < -0.39 is 28.5 Å². The van der Waals surface area contributed by atoms with Crippen molar-refractivity contribution in [1.82, 2.24) is 5.32 Å². The summed E-state index contributed by atoms with van der Waals surface area (Å²) in [5.74, 6) is 0.0430. The number of carbonyl (C=O) groups excluding carboxylic acids is 2. The number of nitrogens with one attached hydrogen (secondary N) is 1. The molecule has 176 valence electrons. The third-order valence-electron chi connectivity index (χ3n) is 5.13. The van der Waals surface area contributed by atoms with Crippen LogP contribution in [0.1, 0.15) is 15.9 Å². The fourth-order valence-corrected chi connectivity index (χ4v) is 4.41. The highest BCUT2D eigenvalue weighted by Gasteiger charge is 2.22. The van der Waals surface area contributed by atoms with Gasteiger partial charge in [-0.15, -0.1) is 0 Å². The van der Waals surface area contributed by atoms with Crippen LogP contribution < -0.4 is 19.1 Å². The largest absolute Gasteiger partial charge is 0.454 e. The van der Waals surface area contributed by atoms with Crippen LogP contribution in [0.5, 0.6) is 11.5 Å². The highest BCUT2D eigenvalue weighted by molar-refractivity contribution is 7.92. The Balaban J connectivity index is 1.30. The Bertz CT molecular complexity index is 1290. The van der Waals surface area contributed by atoms with Crippen molar-refractivity contribution in [3.63, 3.8) is 0 Å². The quantitative estimate of drug-likeness (QED) is 0.492. The first kappa shape index (κ1) is 23.1. The molecular formula is C24H22N2O7S. The second-order valence-corrected chi connectivity index (χ2v) is 9.34. The summed E-state index contributed by atoms with van der Waals surface area (Å²) in [6, 6.07) is 19.3. The van der Waals surface area contributed by atoms with Crippen molar-refractivity contribution in [2.45, 2.75) is 11.4 Å². The van der Waals surface area contributed by atoms with Crippen molar-refractivity contribution in [2.24, 2.45) is 0 Å². The molecule has 0 saturated heterocycles. The SMILES string of the molecule is CN(c1ccccc1)S(=O)(=O)c1ccc(C(=O)OCC(=O)NCc2ccc3c(c2)OCO3)cc1. The van der Waals surface area contributed by atoms with E-state index in [0.29, 0.717) is 17.2 Å². The molecule has 0 radical (unpaired) electrons. The van der Waals surface area contributed by atoms with E-state index in [9.17, 15) is 18.0 Å². The smallest absolute Gasteiger partial charge is 0.338 e.